The minimum Gasteiger partial charge on any atom is -0.0685 e. The molecule has 0 saturated carbocycles. The van der Waals surface area contributed by atoms with Crippen LogP contribution in [-0.2, 0) is 0 Å². The van der Waals surface area contributed by atoms with Gasteiger partial charge < -0.3 is 0 Å². The fourth-order valence-corrected chi connectivity index (χ4v) is 3.43. The molecule has 20 heavy (non-hydrogen) atoms. The van der Waals surface area contributed by atoms with Crippen LogP contribution in [0.3, 0.4) is 0 Å². The Hall–Kier alpha value is -1.80. The van der Waals surface area contributed by atoms with Crippen molar-refractivity contribution in [1.82, 2.24) is 0 Å². The Morgan fingerprint density at radius 3 is 1.65 bits per heavy atom. The van der Waals surface area contributed by atoms with Crippen LogP contribution < -0.4 is 16.4 Å². The van der Waals surface area contributed by atoms with E-state index in [9.17, 15) is 0 Å². The predicted octanol–water partition coefficient (Wildman–Crippen LogP) is 2.95. The highest BCUT2D eigenvalue weighted by Crippen LogP contribution is 2.22. The molecule has 94 valence electrons. The Kier molecular flexibility index (Phi) is 2.78. The molecule has 3 aromatic carbocycles. The average molecular weight is 319 g/mol. The summed E-state index contributed by atoms with van der Waals surface area (Å²) in [6, 6.07) is 26.2. The molecule has 0 radical (unpaired) electrons. The number of fused-ring (bicyclic) bond motifs is 3. The van der Waals surface area contributed by atoms with Crippen LogP contribution in [0.2, 0.25) is 0 Å². The first-order valence-corrected chi connectivity index (χ1v) is 7.57. The molecule has 0 aliphatic carbocycles. The Bertz CT molecular complexity index is 732. The highest BCUT2D eigenvalue weighted by Gasteiger charge is 2.32. The third-order valence-corrected chi connectivity index (χ3v) is 4.57. The summed E-state index contributed by atoms with van der Waals surface area (Å²) < 4.78 is 1.13. The van der Waals surface area contributed by atoms with Gasteiger partial charge in [-0.05, 0) is 23.3 Å². The van der Waals surface area contributed by atoms with Crippen LogP contribution in [0.25, 0.3) is 11.1 Å². The van der Waals surface area contributed by atoms with E-state index in [4.69, 9.17) is 0 Å². The maximum atomic E-state index is 3.52. The summed E-state index contributed by atoms with van der Waals surface area (Å²) in [5, 5.41) is 0. The van der Waals surface area contributed by atoms with Crippen LogP contribution in [0.15, 0.2) is 77.3 Å². The number of halogens is 1. The molecule has 1 heterocycles. The second kappa shape index (κ2) is 4.64. The van der Waals surface area contributed by atoms with Gasteiger partial charge in [-0.1, -0.05) is 93.0 Å². The van der Waals surface area contributed by atoms with E-state index in [0.717, 1.165) is 4.47 Å². The second-order valence-electron chi connectivity index (χ2n) is 5.16. The summed E-state index contributed by atoms with van der Waals surface area (Å²) in [6.07, 6.45) is 0. The SMILES string of the molecule is Brc1ccc(B2c3ccccc3-c3ccccc32)cc1. The van der Waals surface area contributed by atoms with Crippen LogP contribution in [0.5, 0.6) is 0 Å². The zero-order valence-electron chi connectivity index (χ0n) is 10.9. The monoisotopic (exact) mass is 318 g/mol. The normalized spacial score (nSPS) is 12.2. The minimum atomic E-state index is 0.357. The molecule has 2 heteroatoms. The number of hydrogen-bond donors (Lipinski definition) is 0. The maximum Gasteiger partial charge on any atom is 0.242 e. The van der Waals surface area contributed by atoms with E-state index < -0.39 is 0 Å². The smallest absolute Gasteiger partial charge is 0.0685 e. The first-order valence-electron chi connectivity index (χ1n) is 6.78. The van der Waals surface area contributed by atoms with E-state index in [1.165, 1.54) is 27.5 Å². The molecule has 0 saturated heterocycles. The topological polar surface area (TPSA) is 0 Å². The molecule has 0 atom stereocenters. The van der Waals surface area contributed by atoms with Gasteiger partial charge in [-0.3, -0.25) is 0 Å². The molecule has 3 aromatic rings. The predicted molar refractivity (Wildman–Crippen MR) is 90.7 cm³/mol. The van der Waals surface area contributed by atoms with Gasteiger partial charge in [-0.15, -0.1) is 0 Å². The van der Waals surface area contributed by atoms with Gasteiger partial charge >= 0.3 is 0 Å². The lowest BCUT2D eigenvalue weighted by Gasteiger charge is -2.10. The number of hydrogen-bond acceptors (Lipinski definition) is 0. The highest BCUT2D eigenvalue weighted by molar-refractivity contribution is 9.10. The molecule has 1 aliphatic heterocycles. The zero-order valence-corrected chi connectivity index (χ0v) is 12.5. The molecule has 1 aliphatic rings. The molecule has 0 aromatic heterocycles. The van der Waals surface area contributed by atoms with E-state index in [0.29, 0.717) is 6.71 Å². The molecule has 0 unspecified atom stereocenters. The number of benzene rings is 3. The van der Waals surface area contributed by atoms with Crippen molar-refractivity contribution in [2.45, 2.75) is 0 Å². The fourth-order valence-electron chi connectivity index (χ4n) is 3.17. The minimum absolute atomic E-state index is 0.357. The first-order chi connectivity index (χ1) is 9.84. The standard InChI is InChI=1S/C18H12BBr/c20-14-11-9-13(10-12-14)19-17-7-3-1-5-15(17)16-6-2-4-8-18(16)19/h1-12H. The summed E-state index contributed by atoms with van der Waals surface area (Å²) in [6.45, 7) is 0.357. The Morgan fingerprint density at radius 1 is 0.600 bits per heavy atom. The van der Waals surface area contributed by atoms with Crippen molar-refractivity contribution >= 4 is 39.0 Å². The Labute approximate surface area is 127 Å². The van der Waals surface area contributed by atoms with Crippen LogP contribution in [0.1, 0.15) is 0 Å². The van der Waals surface area contributed by atoms with Gasteiger partial charge in [-0.2, -0.15) is 0 Å². The van der Waals surface area contributed by atoms with E-state index in [1.54, 1.807) is 0 Å². The van der Waals surface area contributed by atoms with Gasteiger partial charge in [0.05, 0.1) is 0 Å². The van der Waals surface area contributed by atoms with Gasteiger partial charge in [0.15, 0.2) is 0 Å². The van der Waals surface area contributed by atoms with Gasteiger partial charge in [-0.25, -0.2) is 0 Å². The van der Waals surface area contributed by atoms with Gasteiger partial charge in [0.1, 0.15) is 0 Å². The second-order valence-corrected chi connectivity index (χ2v) is 6.07. The van der Waals surface area contributed by atoms with Crippen LogP contribution in [0, 0.1) is 0 Å². The molecule has 0 spiro atoms. The summed E-state index contributed by atoms with van der Waals surface area (Å²) in [5.74, 6) is 0. The molecule has 4 rings (SSSR count). The average Bonchev–Trinajstić information content (AvgIpc) is 2.83. The highest BCUT2D eigenvalue weighted by atomic mass is 79.9. The van der Waals surface area contributed by atoms with E-state index in [-0.39, 0.29) is 0 Å². The van der Waals surface area contributed by atoms with Gasteiger partial charge in [0.25, 0.3) is 0 Å². The molecule has 0 N–H and O–H groups in total. The van der Waals surface area contributed by atoms with E-state index in [2.05, 4.69) is 88.7 Å². The van der Waals surface area contributed by atoms with Crippen molar-refractivity contribution in [1.29, 1.82) is 0 Å². The lowest BCUT2D eigenvalue weighted by molar-refractivity contribution is 1.69. The zero-order chi connectivity index (χ0) is 13.5. The van der Waals surface area contributed by atoms with Crippen molar-refractivity contribution in [3.63, 3.8) is 0 Å². The van der Waals surface area contributed by atoms with Crippen molar-refractivity contribution in [2.24, 2.45) is 0 Å². The van der Waals surface area contributed by atoms with Crippen molar-refractivity contribution in [2.75, 3.05) is 0 Å². The lowest BCUT2D eigenvalue weighted by Crippen LogP contribution is -2.48. The van der Waals surface area contributed by atoms with Gasteiger partial charge in [0, 0.05) is 4.47 Å². The molecular formula is C18H12BBr. The largest absolute Gasteiger partial charge is 0.242 e. The van der Waals surface area contributed by atoms with Crippen LogP contribution >= 0.6 is 15.9 Å². The third kappa shape index (κ3) is 1.75. The summed E-state index contributed by atoms with van der Waals surface area (Å²) in [5.41, 5.74) is 6.92. The molecular weight excluding hydrogens is 307 g/mol. The molecule has 0 fully saturated rings. The fraction of sp³-hybridized carbons (Fsp3) is 0. The summed E-state index contributed by atoms with van der Waals surface area (Å²) in [4.78, 5) is 0. The van der Waals surface area contributed by atoms with Gasteiger partial charge in [0.2, 0.25) is 6.71 Å². The molecule has 0 amide bonds. The van der Waals surface area contributed by atoms with Crippen LogP contribution in [-0.4, -0.2) is 6.71 Å². The first kappa shape index (κ1) is 12.0. The maximum absolute atomic E-state index is 3.52. The lowest BCUT2D eigenvalue weighted by atomic mass is 9.39. The molecule has 0 nitrogen and oxygen atoms in total. The van der Waals surface area contributed by atoms with Crippen molar-refractivity contribution in [3.05, 3.63) is 77.3 Å². The van der Waals surface area contributed by atoms with Crippen molar-refractivity contribution in [3.8, 4) is 11.1 Å². The van der Waals surface area contributed by atoms with E-state index in [1.807, 2.05) is 0 Å². The van der Waals surface area contributed by atoms with E-state index >= 15 is 0 Å². The quantitative estimate of drug-likeness (QED) is 0.473. The number of rotatable bonds is 1. The Morgan fingerprint density at radius 2 is 1.10 bits per heavy atom. The third-order valence-electron chi connectivity index (χ3n) is 4.04. The Balaban J connectivity index is 1.97. The summed E-state index contributed by atoms with van der Waals surface area (Å²) in [7, 11) is 0. The van der Waals surface area contributed by atoms with Crippen molar-refractivity contribution < 1.29 is 0 Å². The van der Waals surface area contributed by atoms with Crippen LogP contribution in [0.4, 0.5) is 0 Å². The summed E-state index contributed by atoms with van der Waals surface area (Å²) >= 11 is 3.52. The molecule has 0 bridgehead atoms.